The summed E-state index contributed by atoms with van der Waals surface area (Å²) in [5.74, 6) is -0.724. The van der Waals surface area contributed by atoms with E-state index in [0.29, 0.717) is 18.6 Å². The summed E-state index contributed by atoms with van der Waals surface area (Å²) in [7, 11) is 0. The highest BCUT2D eigenvalue weighted by Gasteiger charge is 2.33. The molecule has 0 aliphatic rings. The summed E-state index contributed by atoms with van der Waals surface area (Å²) in [4.78, 5) is 22.8. The largest absolute Gasteiger partial charge is 0.480 e. The van der Waals surface area contributed by atoms with Crippen molar-refractivity contribution in [2.75, 3.05) is 0 Å². The third-order valence-corrected chi connectivity index (χ3v) is 2.80. The number of furan rings is 1. The lowest BCUT2D eigenvalue weighted by Gasteiger charge is -2.23. The standard InChI is InChI=1S/C12H17NO4/c1-4-8-6-7-9(17-8)10(14)13-12(3,5-2)11(15)16/h6-7H,4-5H2,1-3H3,(H,13,14)(H,15,16). The first-order valence-corrected chi connectivity index (χ1v) is 5.57. The van der Waals surface area contributed by atoms with Gasteiger partial charge in [-0.05, 0) is 25.5 Å². The number of carbonyl (C=O) groups excluding carboxylic acids is 1. The summed E-state index contributed by atoms with van der Waals surface area (Å²) in [6.45, 7) is 5.08. The molecule has 0 saturated carbocycles. The van der Waals surface area contributed by atoms with E-state index in [9.17, 15) is 9.59 Å². The molecule has 1 aromatic heterocycles. The molecule has 1 heterocycles. The van der Waals surface area contributed by atoms with Gasteiger partial charge >= 0.3 is 5.97 Å². The van der Waals surface area contributed by atoms with Crippen LogP contribution < -0.4 is 5.32 Å². The zero-order chi connectivity index (χ0) is 13.1. The van der Waals surface area contributed by atoms with Crippen LogP contribution >= 0.6 is 0 Å². The van der Waals surface area contributed by atoms with Gasteiger partial charge in [-0.15, -0.1) is 0 Å². The number of carbonyl (C=O) groups is 2. The van der Waals surface area contributed by atoms with Crippen LogP contribution in [0.2, 0.25) is 0 Å². The number of carboxylic acids is 1. The third kappa shape index (κ3) is 2.87. The van der Waals surface area contributed by atoms with Crippen LogP contribution in [0.5, 0.6) is 0 Å². The van der Waals surface area contributed by atoms with E-state index in [2.05, 4.69) is 5.32 Å². The third-order valence-electron chi connectivity index (χ3n) is 2.80. The second kappa shape index (κ2) is 5.03. The van der Waals surface area contributed by atoms with Crippen molar-refractivity contribution in [1.82, 2.24) is 5.32 Å². The van der Waals surface area contributed by atoms with Crippen LogP contribution in [0.1, 0.15) is 43.5 Å². The van der Waals surface area contributed by atoms with Gasteiger partial charge in [0.25, 0.3) is 5.91 Å². The fraction of sp³-hybridized carbons (Fsp3) is 0.500. The monoisotopic (exact) mass is 239 g/mol. The molecule has 0 saturated heterocycles. The fourth-order valence-electron chi connectivity index (χ4n) is 1.30. The zero-order valence-electron chi connectivity index (χ0n) is 10.2. The number of aryl methyl sites for hydroxylation is 1. The van der Waals surface area contributed by atoms with E-state index in [-0.39, 0.29) is 5.76 Å². The first kappa shape index (κ1) is 13.3. The lowest BCUT2D eigenvalue weighted by molar-refractivity contribution is -0.143. The Bertz CT molecular complexity index is 424. The van der Waals surface area contributed by atoms with Gasteiger partial charge in [0.1, 0.15) is 11.3 Å². The normalized spacial score (nSPS) is 14.1. The Morgan fingerprint density at radius 1 is 1.41 bits per heavy atom. The van der Waals surface area contributed by atoms with Gasteiger partial charge in [-0.2, -0.15) is 0 Å². The number of aliphatic carboxylic acids is 1. The molecule has 1 atom stereocenters. The average Bonchev–Trinajstić information content (AvgIpc) is 2.77. The van der Waals surface area contributed by atoms with Gasteiger partial charge in [0.2, 0.25) is 0 Å². The average molecular weight is 239 g/mol. The summed E-state index contributed by atoms with van der Waals surface area (Å²) >= 11 is 0. The number of carboxylic acid groups (broad SMARTS) is 1. The molecule has 0 bridgehead atoms. The molecule has 0 spiro atoms. The Balaban J connectivity index is 2.81. The number of hydrogen-bond acceptors (Lipinski definition) is 3. The topological polar surface area (TPSA) is 79.5 Å². The SMILES string of the molecule is CCc1ccc(C(=O)NC(C)(CC)C(=O)O)o1. The van der Waals surface area contributed by atoms with Crippen molar-refractivity contribution in [1.29, 1.82) is 0 Å². The van der Waals surface area contributed by atoms with Gasteiger partial charge in [-0.3, -0.25) is 4.79 Å². The van der Waals surface area contributed by atoms with Gasteiger partial charge in [0.15, 0.2) is 5.76 Å². The van der Waals surface area contributed by atoms with Crippen LogP contribution in [0.4, 0.5) is 0 Å². The predicted octanol–water partition coefficient (Wildman–Crippen LogP) is 1.83. The summed E-state index contributed by atoms with van der Waals surface area (Å²) in [5, 5.41) is 11.5. The molecule has 2 N–H and O–H groups in total. The van der Waals surface area contributed by atoms with Crippen molar-refractivity contribution < 1.29 is 19.1 Å². The van der Waals surface area contributed by atoms with E-state index in [1.54, 1.807) is 19.1 Å². The summed E-state index contributed by atoms with van der Waals surface area (Å²) in [6.07, 6.45) is 0.993. The molecule has 0 radical (unpaired) electrons. The van der Waals surface area contributed by atoms with Gasteiger partial charge in [-0.25, -0.2) is 4.79 Å². The van der Waals surface area contributed by atoms with Crippen LogP contribution in [0, 0.1) is 0 Å². The first-order chi connectivity index (χ1) is 7.92. The second-order valence-electron chi connectivity index (χ2n) is 4.06. The highest BCUT2D eigenvalue weighted by molar-refractivity contribution is 5.95. The fourth-order valence-corrected chi connectivity index (χ4v) is 1.30. The molecular weight excluding hydrogens is 222 g/mol. The van der Waals surface area contributed by atoms with E-state index in [4.69, 9.17) is 9.52 Å². The van der Waals surface area contributed by atoms with E-state index in [1.165, 1.54) is 6.92 Å². The van der Waals surface area contributed by atoms with Crippen LogP contribution in [-0.2, 0) is 11.2 Å². The van der Waals surface area contributed by atoms with Crippen LogP contribution in [-0.4, -0.2) is 22.5 Å². The van der Waals surface area contributed by atoms with Gasteiger partial charge in [-0.1, -0.05) is 13.8 Å². The first-order valence-electron chi connectivity index (χ1n) is 5.57. The van der Waals surface area contributed by atoms with Gasteiger partial charge in [0.05, 0.1) is 0 Å². The maximum absolute atomic E-state index is 11.8. The van der Waals surface area contributed by atoms with Crippen LogP contribution in [0.15, 0.2) is 16.5 Å². The number of nitrogens with one attached hydrogen (secondary N) is 1. The van der Waals surface area contributed by atoms with Crippen molar-refractivity contribution in [3.63, 3.8) is 0 Å². The van der Waals surface area contributed by atoms with Crippen molar-refractivity contribution in [2.24, 2.45) is 0 Å². The Kier molecular flexibility index (Phi) is 3.93. The van der Waals surface area contributed by atoms with E-state index in [1.807, 2.05) is 6.92 Å². The highest BCUT2D eigenvalue weighted by Crippen LogP contribution is 2.13. The molecule has 1 unspecified atom stereocenters. The molecule has 0 aliphatic heterocycles. The van der Waals surface area contributed by atoms with Crippen LogP contribution in [0.25, 0.3) is 0 Å². The smallest absolute Gasteiger partial charge is 0.329 e. The minimum absolute atomic E-state index is 0.141. The van der Waals surface area contributed by atoms with Crippen LogP contribution in [0.3, 0.4) is 0 Å². The molecule has 1 rings (SSSR count). The van der Waals surface area contributed by atoms with Gasteiger partial charge < -0.3 is 14.8 Å². The number of rotatable bonds is 5. The molecule has 17 heavy (non-hydrogen) atoms. The molecule has 94 valence electrons. The van der Waals surface area contributed by atoms with Gasteiger partial charge in [0, 0.05) is 6.42 Å². The molecule has 1 amide bonds. The Hall–Kier alpha value is -1.78. The molecule has 1 aromatic rings. The lowest BCUT2D eigenvalue weighted by Crippen LogP contribution is -2.51. The quantitative estimate of drug-likeness (QED) is 0.821. The molecular formula is C12H17NO4. The maximum atomic E-state index is 11.8. The number of hydrogen-bond donors (Lipinski definition) is 2. The molecule has 5 nitrogen and oxygen atoms in total. The Morgan fingerprint density at radius 2 is 2.06 bits per heavy atom. The van der Waals surface area contributed by atoms with Crippen molar-refractivity contribution >= 4 is 11.9 Å². The highest BCUT2D eigenvalue weighted by atomic mass is 16.4. The molecule has 5 heteroatoms. The zero-order valence-corrected chi connectivity index (χ0v) is 10.2. The predicted molar refractivity (Wildman–Crippen MR) is 61.9 cm³/mol. The lowest BCUT2D eigenvalue weighted by atomic mass is 9.99. The van der Waals surface area contributed by atoms with E-state index >= 15 is 0 Å². The number of amides is 1. The summed E-state index contributed by atoms with van der Waals surface area (Å²) in [6, 6.07) is 3.26. The summed E-state index contributed by atoms with van der Waals surface area (Å²) in [5.41, 5.74) is -1.27. The van der Waals surface area contributed by atoms with Crippen molar-refractivity contribution in [3.05, 3.63) is 23.7 Å². The molecule has 0 aliphatic carbocycles. The second-order valence-corrected chi connectivity index (χ2v) is 4.06. The van der Waals surface area contributed by atoms with E-state index in [0.717, 1.165) is 0 Å². The minimum atomic E-state index is -1.27. The maximum Gasteiger partial charge on any atom is 0.329 e. The summed E-state index contributed by atoms with van der Waals surface area (Å²) < 4.78 is 5.26. The van der Waals surface area contributed by atoms with Crippen molar-refractivity contribution in [2.45, 2.75) is 39.2 Å². The Morgan fingerprint density at radius 3 is 2.47 bits per heavy atom. The van der Waals surface area contributed by atoms with Crippen molar-refractivity contribution in [3.8, 4) is 0 Å². The minimum Gasteiger partial charge on any atom is -0.480 e. The Labute approximate surface area is 99.8 Å². The molecule has 0 aromatic carbocycles. The van der Waals surface area contributed by atoms with E-state index < -0.39 is 17.4 Å². The molecule has 0 fully saturated rings.